The van der Waals surface area contributed by atoms with Gasteiger partial charge in [0.05, 0.1) is 11.3 Å². The quantitative estimate of drug-likeness (QED) is 0.601. The molecule has 1 aromatic heterocycles. The van der Waals surface area contributed by atoms with E-state index in [-0.39, 0.29) is 19.1 Å². The van der Waals surface area contributed by atoms with E-state index in [9.17, 15) is 13.2 Å². The molecule has 0 atom stereocenters. The summed E-state index contributed by atoms with van der Waals surface area (Å²) in [6.07, 6.45) is -3.64. The largest absolute Gasteiger partial charge is 0.495 e. The van der Waals surface area contributed by atoms with Crippen LogP contribution in [0.15, 0.2) is 24.6 Å². The van der Waals surface area contributed by atoms with E-state index in [1.165, 1.54) is 6.92 Å². The number of allylic oxidation sites excluding steroid dienone is 1. The predicted octanol–water partition coefficient (Wildman–Crippen LogP) is 3.34. The normalized spacial score (nSPS) is 11.2. The van der Waals surface area contributed by atoms with E-state index in [1.807, 2.05) is 0 Å². The third kappa shape index (κ3) is 4.27. The Labute approximate surface area is 103 Å². The van der Waals surface area contributed by atoms with Crippen molar-refractivity contribution in [1.29, 1.82) is 0 Å². The number of nitrogens with zero attached hydrogens (tertiary/aromatic N) is 1. The number of hydrogen-bond acceptors (Lipinski definition) is 3. The number of alkyl halides is 3. The van der Waals surface area contributed by atoms with Gasteiger partial charge in [-0.1, -0.05) is 6.58 Å². The lowest BCUT2D eigenvalue weighted by atomic mass is 10.2. The lowest BCUT2D eigenvalue weighted by Gasteiger charge is -2.11. The molecule has 0 saturated carbocycles. The first-order valence-electron chi connectivity index (χ1n) is 5.25. The van der Waals surface area contributed by atoms with Crippen molar-refractivity contribution in [3.63, 3.8) is 0 Å². The Balaban J connectivity index is 2.60. The van der Waals surface area contributed by atoms with Crippen molar-refractivity contribution in [3.8, 4) is 5.88 Å². The number of pyridine rings is 1. The minimum absolute atomic E-state index is 0.174. The molecule has 0 unspecified atom stereocenters. The van der Waals surface area contributed by atoms with Crippen LogP contribution in [-0.4, -0.2) is 18.2 Å². The first-order chi connectivity index (χ1) is 8.30. The summed E-state index contributed by atoms with van der Waals surface area (Å²) in [7, 11) is 0. The molecular formula is C12H14F3NO2. The molecule has 0 fully saturated rings. The fourth-order valence-corrected chi connectivity index (χ4v) is 1.22. The molecule has 0 aliphatic heterocycles. The maximum absolute atomic E-state index is 12.4. The van der Waals surface area contributed by atoms with E-state index in [0.717, 1.165) is 12.3 Å². The summed E-state index contributed by atoms with van der Waals surface area (Å²) in [4.78, 5) is 3.64. The number of hydrogen-bond donors (Lipinski definition) is 0. The molecule has 0 bridgehead atoms. The Morgan fingerprint density at radius 2 is 2.06 bits per heavy atom. The molecule has 1 rings (SSSR count). The zero-order valence-electron chi connectivity index (χ0n) is 10.2. The molecule has 0 saturated heterocycles. The van der Waals surface area contributed by atoms with Gasteiger partial charge in [-0.3, -0.25) is 0 Å². The van der Waals surface area contributed by atoms with Gasteiger partial charge in [0.25, 0.3) is 0 Å². The molecule has 0 aliphatic carbocycles. The van der Waals surface area contributed by atoms with E-state index in [0.29, 0.717) is 11.3 Å². The Bertz CT molecular complexity index is 430. The van der Waals surface area contributed by atoms with Crippen LogP contribution in [0.25, 0.3) is 0 Å². The summed E-state index contributed by atoms with van der Waals surface area (Å²) in [5.41, 5.74) is -0.453. The van der Waals surface area contributed by atoms with Gasteiger partial charge in [-0.05, 0) is 19.9 Å². The second kappa shape index (κ2) is 5.75. The lowest BCUT2D eigenvalue weighted by Crippen LogP contribution is -2.10. The topological polar surface area (TPSA) is 31.4 Å². The van der Waals surface area contributed by atoms with E-state index in [4.69, 9.17) is 9.47 Å². The smallest absolute Gasteiger partial charge is 0.417 e. The summed E-state index contributed by atoms with van der Waals surface area (Å²) in [5, 5.41) is 0. The van der Waals surface area contributed by atoms with Crippen LogP contribution < -0.4 is 4.74 Å². The minimum atomic E-state index is -4.39. The van der Waals surface area contributed by atoms with Gasteiger partial charge < -0.3 is 9.47 Å². The van der Waals surface area contributed by atoms with Crippen LogP contribution in [0, 0.1) is 6.92 Å². The SMILES string of the molecule is C=C(C)OCCOc1ncc(C(F)(F)F)cc1C. The Hall–Kier alpha value is -1.72. The minimum Gasteiger partial charge on any atom is -0.495 e. The number of ether oxygens (including phenoxy) is 2. The van der Waals surface area contributed by atoms with Crippen LogP contribution in [0.3, 0.4) is 0 Å². The average Bonchev–Trinajstić information content (AvgIpc) is 2.24. The summed E-state index contributed by atoms with van der Waals surface area (Å²) < 4.78 is 47.4. The highest BCUT2D eigenvalue weighted by atomic mass is 19.4. The summed E-state index contributed by atoms with van der Waals surface area (Å²) in [6, 6.07) is 1.00. The van der Waals surface area contributed by atoms with Gasteiger partial charge in [-0.2, -0.15) is 13.2 Å². The maximum Gasteiger partial charge on any atom is 0.417 e. The number of aromatic nitrogens is 1. The maximum atomic E-state index is 12.4. The number of rotatable bonds is 5. The molecule has 0 radical (unpaired) electrons. The van der Waals surface area contributed by atoms with Gasteiger partial charge in [0, 0.05) is 11.8 Å². The molecule has 1 aromatic rings. The van der Waals surface area contributed by atoms with E-state index in [1.54, 1.807) is 6.92 Å². The average molecular weight is 261 g/mol. The zero-order chi connectivity index (χ0) is 13.8. The third-order valence-electron chi connectivity index (χ3n) is 2.03. The van der Waals surface area contributed by atoms with Crippen LogP contribution >= 0.6 is 0 Å². The summed E-state index contributed by atoms with van der Waals surface area (Å²) >= 11 is 0. The van der Waals surface area contributed by atoms with Crippen molar-refractivity contribution in [2.75, 3.05) is 13.2 Å². The number of halogens is 3. The Morgan fingerprint density at radius 1 is 1.39 bits per heavy atom. The molecule has 3 nitrogen and oxygen atoms in total. The summed E-state index contributed by atoms with van der Waals surface area (Å²) in [6.45, 7) is 7.22. The predicted molar refractivity (Wildman–Crippen MR) is 60.2 cm³/mol. The van der Waals surface area contributed by atoms with Gasteiger partial charge in [-0.15, -0.1) is 0 Å². The fraction of sp³-hybridized carbons (Fsp3) is 0.417. The standard InChI is InChI=1S/C12H14F3NO2/c1-8(2)17-4-5-18-11-9(3)6-10(7-16-11)12(13,14)15/h6-7H,1,4-5H2,2-3H3. The first kappa shape index (κ1) is 14.3. The molecule has 100 valence electrons. The monoisotopic (exact) mass is 261 g/mol. The highest BCUT2D eigenvalue weighted by Crippen LogP contribution is 2.30. The molecule has 1 heterocycles. The van der Waals surface area contributed by atoms with Crippen molar-refractivity contribution in [1.82, 2.24) is 4.98 Å². The van der Waals surface area contributed by atoms with Crippen LogP contribution in [0.2, 0.25) is 0 Å². The van der Waals surface area contributed by atoms with E-state index in [2.05, 4.69) is 11.6 Å². The Morgan fingerprint density at radius 3 is 2.56 bits per heavy atom. The molecule has 0 N–H and O–H groups in total. The van der Waals surface area contributed by atoms with Crippen molar-refractivity contribution < 1.29 is 22.6 Å². The van der Waals surface area contributed by atoms with Crippen LogP contribution in [-0.2, 0) is 10.9 Å². The van der Waals surface area contributed by atoms with Crippen molar-refractivity contribution >= 4 is 0 Å². The molecule has 0 aromatic carbocycles. The van der Waals surface area contributed by atoms with E-state index >= 15 is 0 Å². The zero-order valence-corrected chi connectivity index (χ0v) is 10.2. The van der Waals surface area contributed by atoms with E-state index < -0.39 is 11.7 Å². The first-order valence-corrected chi connectivity index (χ1v) is 5.25. The van der Waals surface area contributed by atoms with Gasteiger partial charge in [0.2, 0.25) is 5.88 Å². The second-order valence-corrected chi connectivity index (χ2v) is 3.74. The highest BCUT2D eigenvalue weighted by molar-refractivity contribution is 5.29. The third-order valence-corrected chi connectivity index (χ3v) is 2.03. The molecule has 0 amide bonds. The van der Waals surface area contributed by atoms with Crippen LogP contribution in [0.5, 0.6) is 5.88 Å². The molecule has 6 heteroatoms. The molecule has 0 spiro atoms. The van der Waals surface area contributed by atoms with Crippen molar-refractivity contribution in [2.24, 2.45) is 0 Å². The highest BCUT2D eigenvalue weighted by Gasteiger charge is 2.31. The Kier molecular flexibility index (Phi) is 4.58. The molecular weight excluding hydrogens is 247 g/mol. The lowest BCUT2D eigenvalue weighted by molar-refractivity contribution is -0.137. The van der Waals surface area contributed by atoms with Gasteiger partial charge in [-0.25, -0.2) is 4.98 Å². The van der Waals surface area contributed by atoms with Gasteiger partial charge in [0.1, 0.15) is 13.2 Å². The fourth-order valence-electron chi connectivity index (χ4n) is 1.22. The molecule has 0 aliphatic rings. The van der Waals surface area contributed by atoms with Crippen LogP contribution in [0.1, 0.15) is 18.1 Å². The molecule has 18 heavy (non-hydrogen) atoms. The second-order valence-electron chi connectivity index (χ2n) is 3.74. The van der Waals surface area contributed by atoms with Gasteiger partial charge >= 0.3 is 6.18 Å². The van der Waals surface area contributed by atoms with Crippen molar-refractivity contribution in [3.05, 3.63) is 35.7 Å². The van der Waals surface area contributed by atoms with Crippen LogP contribution in [0.4, 0.5) is 13.2 Å². The van der Waals surface area contributed by atoms with Gasteiger partial charge in [0.15, 0.2) is 0 Å². The van der Waals surface area contributed by atoms with Crippen molar-refractivity contribution in [2.45, 2.75) is 20.0 Å². The summed E-state index contributed by atoms with van der Waals surface area (Å²) in [5.74, 6) is 0.726. The number of aryl methyl sites for hydroxylation is 1.